The number of hydrogen-bond acceptors (Lipinski definition) is 3. The molecule has 0 aromatic heterocycles. The Morgan fingerprint density at radius 3 is 2.60 bits per heavy atom. The molecule has 1 aromatic carbocycles. The third-order valence-corrected chi connectivity index (χ3v) is 2.26. The van der Waals surface area contributed by atoms with Gasteiger partial charge in [0, 0.05) is 21.5 Å². The molecule has 0 bridgehead atoms. The fourth-order valence-corrected chi connectivity index (χ4v) is 1.56. The van der Waals surface area contributed by atoms with Gasteiger partial charge in [0.05, 0.1) is 5.56 Å². The predicted octanol–water partition coefficient (Wildman–Crippen LogP) is 0.490. The van der Waals surface area contributed by atoms with Gasteiger partial charge >= 0.3 is 0 Å². The van der Waals surface area contributed by atoms with E-state index in [4.69, 9.17) is 0 Å². The highest BCUT2D eigenvalue weighted by atomic mass is 32.2. The molecule has 0 radical (unpaired) electrons. The lowest BCUT2D eigenvalue weighted by Crippen LogP contribution is -2.29. The second-order valence-corrected chi connectivity index (χ2v) is 5.36. The topological polar surface area (TPSA) is 63.2 Å². The van der Waals surface area contributed by atoms with Gasteiger partial charge in [0.1, 0.15) is 0 Å². The smallest absolute Gasteiger partial charge is 0.263 e. The summed E-state index contributed by atoms with van der Waals surface area (Å²) < 4.78 is 13.5. The first-order valence-electron chi connectivity index (χ1n) is 4.12. The highest BCUT2D eigenvalue weighted by Crippen LogP contribution is 2.06. The summed E-state index contributed by atoms with van der Waals surface area (Å²) in [5, 5.41) is 0. The summed E-state index contributed by atoms with van der Waals surface area (Å²) in [4.78, 5) is 22.2. The van der Waals surface area contributed by atoms with Crippen molar-refractivity contribution in [1.29, 1.82) is 0 Å². The fraction of sp³-hybridized carbons (Fsp3) is 0.100. The van der Waals surface area contributed by atoms with E-state index in [9.17, 15) is 13.8 Å². The zero-order chi connectivity index (χ0) is 11.5. The van der Waals surface area contributed by atoms with E-state index >= 15 is 0 Å². The number of carbonyl (C=O) groups excluding carboxylic acids is 2. The second-order valence-electron chi connectivity index (χ2n) is 3.14. The molecular formula is C10H11NO3S. The number of amides is 1. The number of benzene rings is 1. The highest BCUT2D eigenvalue weighted by Gasteiger charge is 2.11. The number of carbonyl (C=O) groups is 2. The normalized spacial score (nSPS) is 13.9. The largest absolute Gasteiger partial charge is 0.298 e. The van der Waals surface area contributed by atoms with Gasteiger partial charge in [-0.1, -0.05) is 18.2 Å². The van der Waals surface area contributed by atoms with E-state index in [1.807, 2.05) is 0 Å². The van der Waals surface area contributed by atoms with Crippen LogP contribution in [0.2, 0.25) is 0 Å². The molecule has 1 atom stereocenters. The van der Waals surface area contributed by atoms with Crippen molar-refractivity contribution in [2.24, 2.45) is 0 Å². The molecule has 15 heavy (non-hydrogen) atoms. The summed E-state index contributed by atoms with van der Waals surface area (Å²) in [5.74, 6) is 2.74. The first-order chi connectivity index (χ1) is 6.94. The van der Waals surface area contributed by atoms with Crippen molar-refractivity contribution in [1.82, 2.24) is 4.72 Å². The van der Waals surface area contributed by atoms with E-state index in [-0.39, 0.29) is 11.1 Å². The lowest BCUT2D eigenvalue weighted by Gasteiger charge is -2.07. The zero-order valence-electron chi connectivity index (χ0n) is 8.23. The highest BCUT2D eigenvalue weighted by molar-refractivity contribution is 7.98. The van der Waals surface area contributed by atoms with Gasteiger partial charge in [-0.05, 0) is 11.9 Å². The Morgan fingerprint density at radius 2 is 2.07 bits per heavy atom. The molecule has 1 aromatic rings. The van der Waals surface area contributed by atoms with Crippen LogP contribution in [0, 0.1) is 0 Å². The molecule has 0 aliphatic heterocycles. The molecule has 0 saturated carbocycles. The molecule has 1 unspecified atom stereocenters. The minimum atomic E-state index is -2.61. The van der Waals surface area contributed by atoms with Crippen LogP contribution in [0.3, 0.4) is 0 Å². The van der Waals surface area contributed by atoms with Gasteiger partial charge in [-0.15, -0.1) is 0 Å². The summed E-state index contributed by atoms with van der Waals surface area (Å²) in [6.45, 7) is 0. The molecule has 0 aliphatic rings. The van der Waals surface area contributed by atoms with Gasteiger partial charge in [0.25, 0.3) is 5.91 Å². The molecule has 1 N–H and O–H groups in total. The Labute approximate surface area is 88.4 Å². The Kier molecular flexibility index (Phi) is 3.26. The van der Waals surface area contributed by atoms with E-state index < -0.39 is 15.6 Å². The number of rotatable bonds is 3. The molecular weight excluding hydrogens is 214 g/mol. The van der Waals surface area contributed by atoms with Gasteiger partial charge in [0.2, 0.25) is 0 Å². The van der Waals surface area contributed by atoms with Crippen LogP contribution in [0.25, 0.3) is 0 Å². The molecule has 0 spiro atoms. The van der Waals surface area contributed by atoms with Crippen LogP contribution in [-0.2, 0) is 9.71 Å². The van der Waals surface area contributed by atoms with Crippen LogP contribution < -0.4 is 4.72 Å². The molecule has 1 rings (SSSR count). The molecule has 5 heteroatoms. The van der Waals surface area contributed by atoms with Crippen LogP contribution in [0.15, 0.2) is 24.3 Å². The van der Waals surface area contributed by atoms with Crippen LogP contribution in [0.4, 0.5) is 0 Å². The SMILES string of the molecule is C=S(C)(=O)NC(=O)c1ccccc1C=O. The molecule has 1 amide bonds. The van der Waals surface area contributed by atoms with Crippen molar-refractivity contribution in [3.05, 3.63) is 35.4 Å². The predicted molar refractivity (Wildman–Crippen MR) is 60.5 cm³/mol. The van der Waals surface area contributed by atoms with E-state index in [0.717, 1.165) is 0 Å². The van der Waals surface area contributed by atoms with Gasteiger partial charge in [-0.25, -0.2) is 4.21 Å². The van der Waals surface area contributed by atoms with Gasteiger partial charge < -0.3 is 0 Å². The standard InChI is InChI=1S/C10H11NO3S/c1-15(2,14)11-10(13)9-6-4-3-5-8(9)7-12/h3-7H,1H2,2H3,(H,11,13,14). The third-order valence-electron chi connectivity index (χ3n) is 1.64. The molecule has 4 nitrogen and oxygen atoms in total. The number of nitrogens with one attached hydrogen (secondary N) is 1. The average molecular weight is 225 g/mol. The van der Waals surface area contributed by atoms with Crippen LogP contribution >= 0.6 is 0 Å². The number of aldehydes is 1. The van der Waals surface area contributed by atoms with E-state index in [2.05, 4.69) is 10.6 Å². The average Bonchev–Trinajstić information content (AvgIpc) is 2.15. The van der Waals surface area contributed by atoms with Gasteiger partial charge in [-0.3, -0.25) is 14.3 Å². The summed E-state index contributed by atoms with van der Waals surface area (Å²) in [6.07, 6.45) is 1.89. The van der Waals surface area contributed by atoms with Crippen LogP contribution in [-0.4, -0.2) is 28.5 Å². The monoisotopic (exact) mass is 225 g/mol. The Hall–Kier alpha value is -1.62. The van der Waals surface area contributed by atoms with Crippen molar-refractivity contribution in [3.8, 4) is 0 Å². The second kappa shape index (κ2) is 4.27. The van der Waals surface area contributed by atoms with Crippen LogP contribution in [0.1, 0.15) is 20.7 Å². The van der Waals surface area contributed by atoms with Gasteiger partial charge in [-0.2, -0.15) is 0 Å². The molecule has 0 heterocycles. The maximum atomic E-state index is 11.6. The van der Waals surface area contributed by atoms with E-state index in [1.165, 1.54) is 18.4 Å². The van der Waals surface area contributed by atoms with Crippen molar-refractivity contribution in [2.75, 3.05) is 6.26 Å². The molecule has 0 saturated heterocycles. The van der Waals surface area contributed by atoms with Crippen molar-refractivity contribution in [2.45, 2.75) is 0 Å². The van der Waals surface area contributed by atoms with Crippen molar-refractivity contribution < 1.29 is 13.8 Å². The Balaban J connectivity index is 3.06. The van der Waals surface area contributed by atoms with Gasteiger partial charge in [0.15, 0.2) is 6.29 Å². The van der Waals surface area contributed by atoms with E-state index in [0.29, 0.717) is 6.29 Å². The van der Waals surface area contributed by atoms with Crippen LogP contribution in [0.5, 0.6) is 0 Å². The summed E-state index contributed by atoms with van der Waals surface area (Å²) in [5.41, 5.74) is 0.462. The summed E-state index contributed by atoms with van der Waals surface area (Å²) >= 11 is 0. The molecule has 0 aliphatic carbocycles. The lowest BCUT2D eigenvalue weighted by atomic mass is 10.1. The third kappa shape index (κ3) is 3.21. The zero-order valence-corrected chi connectivity index (χ0v) is 9.04. The molecule has 80 valence electrons. The maximum Gasteiger partial charge on any atom is 0.263 e. The first-order valence-corrected chi connectivity index (χ1v) is 6.26. The fourth-order valence-electron chi connectivity index (χ4n) is 1.06. The minimum Gasteiger partial charge on any atom is -0.298 e. The van der Waals surface area contributed by atoms with Crippen molar-refractivity contribution in [3.63, 3.8) is 0 Å². The van der Waals surface area contributed by atoms with E-state index in [1.54, 1.807) is 12.1 Å². The molecule has 0 fully saturated rings. The summed E-state index contributed by atoms with van der Waals surface area (Å²) in [6, 6.07) is 6.28. The van der Waals surface area contributed by atoms with Crippen molar-refractivity contribution >= 4 is 27.8 Å². The quantitative estimate of drug-likeness (QED) is 0.601. The Morgan fingerprint density at radius 1 is 1.47 bits per heavy atom. The lowest BCUT2D eigenvalue weighted by molar-refractivity contribution is 0.0976. The number of hydrogen-bond donors (Lipinski definition) is 1. The summed E-state index contributed by atoms with van der Waals surface area (Å²) in [7, 11) is -2.61. The Bertz CT molecular complexity index is 491. The minimum absolute atomic E-state index is 0.200. The maximum absolute atomic E-state index is 11.6. The first kappa shape index (κ1) is 11.5.